The highest BCUT2D eigenvalue weighted by Crippen LogP contribution is 2.30. The number of quaternary nitrogens is 1. The van der Waals surface area contributed by atoms with E-state index in [1.165, 1.54) is 5.56 Å². The lowest BCUT2D eigenvalue weighted by Gasteiger charge is -2.24. The number of tetrazole rings is 1. The van der Waals surface area contributed by atoms with Crippen molar-refractivity contribution < 1.29 is 14.4 Å². The predicted molar refractivity (Wildman–Crippen MR) is 94.8 cm³/mol. The average Bonchev–Trinajstić information content (AvgIpc) is 3.05. The zero-order valence-electron chi connectivity index (χ0n) is 15.4. The van der Waals surface area contributed by atoms with Crippen molar-refractivity contribution in [2.45, 2.75) is 38.6 Å². The molecule has 1 heterocycles. The number of nitrogens with one attached hydrogen (secondary N) is 1. The van der Waals surface area contributed by atoms with E-state index in [0.717, 1.165) is 23.0 Å². The molecule has 7 heteroatoms. The molecule has 7 nitrogen and oxygen atoms in total. The summed E-state index contributed by atoms with van der Waals surface area (Å²) < 4.78 is 0.864. The molecule has 0 unspecified atom stereocenters. The lowest BCUT2D eigenvalue weighted by atomic mass is 9.83. The Morgan fingerprint density at radius 3 is 2.32 bits per heavy atom. The molecule has 0 aliphatic rings. The van der Waals surface area contributed by atoms with Gasteiger partial charge in [-0.05, 0) is 28.8 Å². The second-order valence-corrected chi connectivity index (χ2v) is 7.60. The molecule has 2 N–H and O–H groups in total. The summed E-state index contributed by atoms with van der Waals surface area (Å²) in [5.41, 5.74) is 2.35. The molecule has 2 rings (SSSR count). The van der Waals surface area contributed by atoms with Crippen molar-refractivity contribution in [2.24, 2.45) is 5.92 Å². The second-order valence-electron chi connectivity index (χ2n) is 7.60. The number of aromatic nitrogens is 4. The van der Waals surface area contributed by atoms with E-state index in [0.29, 0.717) is 18.7 Å². The van der Waals surface area contributed by atoms with E-state index in [2.05, 4.69) is 66.0 Å². The maximum Gasteiger partial charge on any atom is 0.307 e. The fraction of sp³-hybridized carbons (Fsp3) is 0.556. The quantitative estimate of drug-likeness (QED) is 0.679. The van der Waals surface area contributed by atoms with Gasteiger partial charge in [0.25, 0.3) is 0 Å². The number of benzene rings is 1. The van der Waals surface area contributed by atoms with Crippen molar-refractivity contribution in [3.05, 3.63) is 41.2 Å². The minimum absolute atomic E-state index is 0.267. The van der Waals surface area contributed by atoms with Crippen LogP contribution in [0.25, 0.3) is 0 Å². The maximum absolute atomic E-state index is 11.7. The third-order valence-corrected chi connectivity index (χ3v) is 4.25. The number of hydrogen-bond acceptors (Lipinski definition) is 4. The lowest BCUT2D eigenvalue weighted by molar-refractivity contribution is -0.884. The summed E-state index contributed by atoms with van der Waals surface area (Å²) in [6.45, 7) is 2.94. The SMILES string of the molecule is CCC[C@H](C(=O)O)[C@H](Cc1ccc(C[N+](C)(C)C)cc1)c1nnn[nH]1. The fourth-order valence-electron chi connectivity index (χ4n) is 3.14. The highest BCUT2D eigenvalue weighted by Gasteiger charge is 2.31. The van der Waals surface area contributed by atoms with Crippen molar-refractivity contribution in [3.8, 4) is 0 Å². The molecular formula is C18H28N5O2+. The van der Waals surface area contributed by atoms with Crippen LogP contribution in [0.5, 0.6) is 0 Å². The van der Waals surface area contributed by atoms with Gasteiger partial charge in [0.15, 0.2) is 5.82 Å². The largest absolute Gasteiger partial charge is 0.481 e. The van der Waals surface area contributed by atoms with Crippen molar-refractivity contribution in [3.63, 3.8) is 0 Å². The Hall–Kier alpha value is -2.28. The molecule has 2 aromatic rings. The summed E-state index contributed by atoms with van der Waals surface area (Å²) >= 11 is 0. The monoisotopic (exact) mass is 346 g/mol. The van der Waals surface area contributed by atoms with Crippen LogP contribution in [-0.4, -0.2) is 57.3 Å². The zero-order valence-corrected chi connectivity index (χ0v) is 15.4. The van der Waals surface area contributed by atoms with Crippen molar-refractivity contribution in [1.29, 1.82) is 0 Å². The standard InChI is InChI=1S/C18H27N5O2/c1-5-6-15(18(24)25)16(17-19-21-22-20-17)11-13-7-9-14(10-8-13)12-23(2,3)4/h7-10,15-16H,5-6,11-12H2,1-4H3,(H-,19,20,21,22,24,25)/p+1/t15-,16-/m0/s1. The van der Waals surface area contributed by atoms with Crippen molar-refractivity contribution >= 4 is 5.97 Å². The molecule has 25 heavy (non-hydrogen) atoms. The van der Waals surface area contributed by atoms with Gasteiger partial charge in [0.1, 0.15) is 6.54 Å². The van der Waals surface area contributed by atoms with E-state index in [9.17, 15) is 9.90 Å². The minimum Gasteiger partial charge on any atom is -0.481 e. The van der Waals surface area contributed by atoms with Gasteiger partial charge >= 0.3 is 5.97 Å². The third-order valence-electron chi connectivity index (χ3n) is 4.25. The smallest absolute Gasteiger partial charge is 0.307 e. The summed E-state index contributed by atoms with van der Waals surface area (Å²) in [5, 5.41) is 23.6. The lowest BCUT2D eigenvalue weighted by Crippen LogP contribution is -2.33. The Balaban J connectivity index is 2.20. The molecule has 0 bridgehead atoms. The number of rotatable bonds is 9. The van der Waals surface area contributed by atoms with Gasteiger partial charge in [0.05, 0.1) is 27.1 Å². The number of carboxylic acid groups (broad SMARTS) is 1. The van der Waals surface area contributed by atoms with Crippen LogP contribution in [0.2, 0.25) is 0 Å². The molecule has 0 aliphatic heterocycles. The fourth-order valence-corrected chi connectivity index (χ4v) is 3.14. The molecule has 0 saturated carbocycles. The first kappa shape index (κ1) is 19.1. The third kappa shape index (κ3) is 5.63. The molecule has 1 aromatic carbocycles. The van der Waals surface area contributed by atoms with Crippen LogP contribution in [-0.2, 0) is 17.8 Å². The van der Waals surface area contributed by atoms with Gasteiger partial charge in [0, 0.05) is 11.5 Å². The van der Waals surface area contributed by atoms with E-state index in [4.69, 9.17) is 0 Å². The number of carbonyl (C=O) groups is 1. The van der Waals surface area contributed by atoms with Gasteiger partial charge in [-0.2, -0.15) is 0 Å². The van der Waals surface area contributed by atoms with Crippen molar-refractivity contribution in [2.75, 3.05) is 21.1 Å². The van der Waals surface area contributed by atoms with Gasteiger partial charge in [-0.15, -0.1) is 5.10 Å². The van der Waals surface area contributed by atoms with Gasteiger partial charge in [-0.3, -0.25) is 4.79 Å². The van der Waals surface area contributed by atoms with Crippen LogP contribution >= 0.6 is 0 Å². The molecule has 0 fully saturated rings. The van der Waals surface area contributed by atoms with Gasteiger partial charge in [-0.25, -0.2) is 5.10 Å². The number of aromatic amines is 1. The van der Waals surface area contributed by atoms with E-state index in [-0.39, 0.29) is 5.92 Å². The molecule has 0 saturated heterocycles. The minimum atomic E-state index is -0.801. The van der Waals surface area contributed by atoms with E-state index in [1.807, 2.05) is 6.92 Å². The van der Waals surface area contributed by atoms with Gasteiger partial charge < -0.3 is 9.59 Å². The van der Waals surface area contributed by atoms with Crippen molar-refractivity contribution in [1.82, 2.24) is 20.6 Å². The van der Waals surface area contributed by atoms with Crippen LogP contribution < -0.4 is 0 Å². The van der Waals surface area contributed by atoms with Crippen LogP contribution in [0, 0.1) is 5.92 Å². The first-order valence-electron chi connectivity index (χ1n) is 8.65. The van der Waals surface area contributed by atoms with E-state index in [1.54, 1.807) is 0 Å². The molecule has 0 aliphatic carbocycles. The Morgan fingerprint density at radius 1 is 1.20 bits per heavy atom. The second kappa shape index (κ2) is 8.20. The van der Waals surface area contributed by atoms with Gasteiger partial charge in [-0.1, -0.05) is 37.6 Å². The summed E-state index contributed by atoms with van der Waals surface area (Å²) in [5.74, 6) is -1.04. The van der Waals surface area contributed by atoms with E-state index >= 15 is 0 Å². The van der Waals surface area contributed by atoms with Crippen LogP contribution in [0.4, 0.5) is 0 Å². The first-order valence-corrected chi connectivity index (χ1v) is 8.65. The molecule has 1 aromatic heterocycles. The zero-order chi connectivity index (χ0) is 18.4. The topological polar surface area (TPSA) is 91.8 Å². The average molecular weight is 346 g/mol. The Labute approximate surface area is 148 Å². The molecule has 0 amide bonds. The Bertz CT molecular complexity index is 662. The maximum atomic E-state index is 11.7. The first-order chi connectivity index (χ1) is 11.8. The summed E-state index contributed by atoms with van der Waals surface area (Å²) in [4.78, 5) is 11.7. The molecule has 136 valence electrons. The number of carboxylic acids is 1. The summed E-state index contributed by atoms with van der Waals surface area (Å²) in [6, 6.07) is 8.38. The van der Waals surface area contributed by atoms with Crippen LogP contribution in [0.3, 0.4) is 0 Å². The number of aliphatic carboxylic acids is 1. The Kier molecular flexibility index (Phi) is 6.25. The van der Waals surface area contributed by atoms with Crippen LogP contribution in [0.1, 0.15) is 42.6 Å². The highest BCUT2D eigenvalue weighted by atomic mass is 16.4. The highest BCUT2D eigenvalue weighted by molar-refractivity contribution is 5.71. The molecule has 0 spiro atoms. The summed E-state index contributed by atoms with van der Waals surface area (Å²) in [6.07, 6.45) is 2.00. The normalized spacial score (nSPS) is 14.2. The molecular weight excluding hydrogens is 318 g/mol. The summed E-state index contributed by atoms with van der Waals surface area (Å²) in [7, 11) is 6.47. The Morgan fingerprint density at radius 2 is 1.84 bits per heavy atom. The predicted octanol–water partition coefficient (Wildman–Crippen LogP) is 2.23. The molecule has 0 radical (unpaired) electrons. The number of H-pyrrole nitrogens is 1. The number of hydrogen-bond donors (Lipinski definition) is 2. The van der Waals surface area contributed by atoms with Crippen LogP contribution in [0.15, 0.2) is 24.3 Å². The number of nitrogens with zero attached hydrogens (tertiary/aromatic N) is 4. The van der Waals surface area contributed by atoms with Gasteiger partial charge in [0.2, 0.25) is 0 Å². The molecule has 2 atom stereocenters. The van der Waals surface area contributed by atoms with E-state index < -0.39 is 11.9 Å².